The van der Waals surface area contributed by atoms with Gasteiger partial charge in [0.1, 0.15) is 0 Å². The molecular weight excluding hydrogens is 316 g/mol. The van der Waals surface area contributed by atoms with Crippen molar-refractivity contribution >= 4 is 35.0 Å². The molecule has 110 valence electrons. The number of amides is 1. The number of benzene rings is 2. The van der Waals surface area contributed by atoms with Crippen LogP contribution in [0.2, 0.25) is 5.02 Å². The molecule has 0 radical (unpaired) electrons. The molecule has 2 nitrogen and oxygen atoms in total. The zero-order chi connectivity index (χ0) is 15.4. The first kappa shape index (κ1) is 15.8. The molecule has 0 aliphatic rings. The number of carbonyl (C=O) groups is 1. The van der Waals surface area contributed by atoms with Gasteiger partial charge in [-0.2, -0.15) is 0 Å². The van der Waals surface area contributed by atoms with Gasteiger partial charge in [-0.3, -0.25) is 4.79 Å². The van der Waals surface area contributed by atoms with Gasteiger partial charge in [0, 0.05) is 15.6 Å². The molecule has 1 amide bonds. The number of anilines is 1. The topological polar surface area (TPSA) is 29.1 Å². The largest absolute Gasteiger partial charge is 0.325 e. The molecule has 0 heterocycles. The first-order valence-electron chi connectivity index (χ1n) is 6.14. The molecule has 0 saturated carbocycles. The third kappa shape index (κ3) is 4.44. The van der Waals surface area contributed by atoms with E-state index in [4.69, 9.17) is 11.6 Å². The van der Waals surface area contributed by atoms with Crippen molar-refractivity contribution < 1.29 is 13.6 Å². The highest BCUT2D eigenvalue weighted by atomic mass is 35.5. The van der Waals surface area contributed by atoms with E-state index in [9.17, 15) is 13.6 Å². The lowest BCUT2D eigenvalue weighted by Gasteiger charge is -2.12. The van der Waals surface area contributed by atoms with E-state index in [-0.39, 0.29) is 5.91 Å². The van der Waals surface area contributed by atoms with Crippen LogP contribution >= 0.6 is 23.4 Å². The summed E-state index contributed by atoms with van der Waals surface area (Å²) in [6.07, 6.45) is 0. The number of halogens is 3. The van der Waals surface area contributed by atoms with Crippen LogP contribution in [0.1, 0.15) is 6.92 Å². The van der Waals surface area contributed by atoms with Crippen LogP contribution in [0.5, 0.6) is 0 Å². The summed E-state index contributed by atoms with van der Waals surface area (Å²) >= 11 is 6.98. The van der Waals surface area contributed by atoms with Crippen LogP contribution in [-0.4, -0.2) is 11.2 Å². The van der Waals surface area contributed by atoms with Crippen molar-refractivity contribution in [3.63, 3.8) is 0 Å². The third-order valence-corrected chi connectivity index (χ3v) is 3.99. The van der Waals surface area contributed by atoms with Crippen LogP contribution in [0.25, 0.3) is 0 Å². The highest BCUT2D eigenvalue weighted by molar-refractivity contribution is 8.00. The Morgan fingerprint density at radius 3 is 2.62 bits per heavy atom. The van der Waals surface area contributed by atoms with Crippen LogP contribution in [-0.2, 0) is 4.79 Å². The Morgan fingerprint density at radius 2 is 1.95 bits per heavy atom. The molecule has 0 bridgehead atoms. The SMILES string of the molecule is C[C@@H](Sc1ccc(F)c(F)c1)C(=O)Nc1cccc(Cl)c1. The summed E-state index contributed by atoms with van der Waals surface area (Å²) in [7, 11) is 0. The maximum atomic E-state index is 13.1. The van der Waals surface area contributed by atoms with Crippen LogP contribution < -0.4 is 5.32 Å². The third-order valence-electron chi connectivity index (χ3n) is 2.67. The van der Waals surface area contributed by atoms with Gasteiger partial charge in [0.05, 0.1) is 5.25 Å². The summed E-state index contributed by atoms with van der Waals surface area (Å²) in [6, 6.07) is 10.3. The molecule has 0 aliphatic carbocycles. The fourth-order valence-electron chi connectivity index (χ4n) is 1.62. The normalized spacial score (nSPS) is 12.0. The minimum Gasteiger partial charge on any atom is -0.325 e. The predicted octanol–water partition coefficient (Wildman–Crippen LogP) is 4.74. The van der Waals surface area contributed by atoms with Crippen LogP contribution in [0.3, 0.4) is 0 Å². The van der Waals surface area contributed by atoms with E-state index in [1.165, 1.54) is 6.07 Å². The average molecular weight is 328 g/mol. The molecule has 0 spiro atoms. The Balaban J connectivity index is 2.00. The fraction of sp³-hybridized carbons (Fsp3) is 0.133. The van der Waals surface area contributed by atoms with Crippen molar-refractivity contribution in [2.24, 2.45) is 0 Å². The second-order valence-electron chi connectivity index (χ2n) is 4.34. The number of thioether (sulfide) groups is 1. The van der Waals surface area contributed by atoms with Gasteiger partial charge in [0.25, 0.3) is 0 Å². The summed E-state index contributed by atoms with van der Waals surface area (Å²) in [4.78, 5) is 12.5. The molecule has 0 aliphatic heterocycles. The number of hydrogen-bond acceptors (Lipinski definition) is 2. The lowest BCUT2D eigenvalue weighted by Crippen LogP contribution is -2.22. The smallest absolute Gasteiger partial charge is 0.237 e. The molecule has 1 atom stereocenters. The summed E-state index contributed by atoms with van der Waals surface area (Å²) in [5.41, 5.74) is 0.588. The minimum atomic E-state index is -0.928. The fourth-order valence-corrected chi connectivity index (χ4v) is 2.70. The first-order valence-corrected chi connectivity index (χ1v) is 7.39. The van der Waals surface area contributed by atoms with Crippen molar-refractivity contribution in [3.8, 4) is 0 Å². The molecule has 2 rings (SSSR count). The number of nitrogens with one attached hydrogen (secondary N) is 1. The quantitative estimate of drug-likeness (QED) is 0.822. The lowest BCUT2D eigenvalue weighted by atomic mass is 10.3. The minimum absolute atomic E-state index is 0.244. The molecule has 2 aromatic rings. The van der Waals surface area contributed by atoms with Gasteiger partial charge in [-0.25, -0.2) is 8.78 Å². The number of rotatable bonds is 4. The average Bonchev–Trinajstić information content (AvgIpc) is 2.43. The molecule has 1 N–H and O–H groups in total. The van der Waals surface area contributed by atoms with Gasteiger partial charge >= 0.3 is 0 Å². The number of hydrogen-bond donors (Lipinski definition) is 1. The molecule has 21 heavy (non-hydrogen) atoms. The molecule has 2 aromatic carbocycles. The van der Waals surface area contributed by atoms with E-state index >= 15 is 0 Å². The zero-order valence-corrected chi connectivity index (χ0v) is 12.6. The Bertz CT molecular complexity index is 666. The second-order valence-corrected chi connectivity index (χ2v) is 6.19. The second kappa shape index (κ2) is 6.91. The summed E-state index contributed by atoms with van der Waals surface area (Å²) in [6.45, 7) is 1.69. The highest BCUT2D eigenvalue weighted by Crippen LogP contribution is 2.26. The van der Waals surface area contributed by atoms with Crippen molar-refractivity contribution in [2.75, 3.05) is 5.32 Å². The van der Waals surface area contributed by atoms with Crippen molar-refractivity contribution in [2.45, 2.75) is 17.1 Å². The van der Waals surface area contributed by atoms with Gasteiger partial charge < -0.3 is 5.32 Å². The zero-order valence-electron chi connectivity index (χ0n) is 11.1. The van der Waals surface area contributed by atoms with Gasteiger partial charge in [-0.15, -0.1) is 11.8 Å². The van der Waals surface area contributed by atoms with Gasteiger partial charge in [-0.05, 0) is 43.3 Å². The lowest BCUT2D eigenvalue weighted by molar-refractivity contribution is -0.115. The molecular formula is C15H12ClF2NOS. The van der Waals surface area contributed by atoms with Gasteiger partial charge in [0.15, 0.2) is 11.6 Å². The summed E-state index contributed by atoms with van der Waals surface area (Å²) in [5.74, 6) is -2.08. The van der Waals surface area contributed by atoms with E-state index in [2.05, 4.69) is 5.32 Å². The standard InChI is InChI=1S/C15H12ClF2NOS/c1-9(21-12-5-6-13(17)14(18)8-12)15(20)19-11-4-2-3-10(16)7-11/h2-9H,1H3,(H,19,20)/t9-/m1/s1. The van der Waals surface area contributed by atoms with Crippen LogP contribution in [0.15, 0.2) is 47.4 Å². The van der Waals surface area contributed by atoms with E-state index in [0.29, 0.717) is 15.6 Å². The van der Waals surface area contributed by atoms with Crippen molar-refractivity contribution in [1.29, 1.82) is 0 Å². The Kier molecular flexibility index (Phi) is 5.20. The molecule has 0 aromatic heterocycles. The Labute approximate surface area is 130 Å². The number of carbonyl (C=O) groups excluding carboxylic acids is 1. The molecule has 0 unspecified atom stereocenters. The van der Waals surface area contributed by atoms with Crippen molar-refractivity contribution in [3.05, 3.63) is 59.1 Å². The van der Waals surface area contributed by atoms with Crippen LogP contribution in [0, 0.1) is 11.6 Å². The summed E-state index contributed by atoms with van der Waals surface area (Å²) in [5, 5.41) is 2.77. The van der Waals surface area contributed by atoms with Gasteiger partial charge in [-0.1, -0.05) is 17.7 Å². The Morgan fingerprint density at radius 1 is 1.19 bits per heavy atom. The molecule has 0 fully saturated rings. The van der Waals surface area contributed by atoms with E-state index in [0.717, 1.165) is 23.9 Å². The van der Waals surface area contributed by atoms with E-state index in [1.807, 2.05) is 0 Å². The monoisotopic (exact) mass is 327 g/mol. The molecule has 0 saturated heterocycles. The van der Waals surface area contributed by atoms with E-state index in [1.54, 1.807) is 31.2 Å². The van der Waals surface area contributed by atoms with Crippen molar-refractivity contribution in [1.82, 2.24) is 0 Å². The first-order chi connectivity index (χ1) is 9.95. The molecule has 6 heteroatoms. The van der Waals surface area contributed by atoms with Crippen LogP contribution in [0.4, 0.5) is 14.5 Å². The maximum Gasteiger partial charge on any atom is 0.237 e. The maximum absolute atomic E-state index is 13.1. The summed E-state index contributed by atoms with van der Waals surface area (Å²) < 4.78 is 26.0. The van der Waals surface area contributed by atoms with Gasteiger partial charge in [0.2, 0.25) is 5.91 Å². The van der Waals surface area contributed by atoms with E-state index < -0.39 is 16.9 Å². The highest BCUT2D eigenvalue weighted by Gasteiger charge is 2.15. The predicted molar refractivity (Wildman–Crippen MR) is 81.8 cm³/mol. The Hall–Kier alpha value is -1.59.